The van der Waals surface area contributed by atoms with E-state index >= 15 is 0 Å². The molecule has 20 heavy (non-hydrogen) atoms. The molecule has 1 heterocycles. The molecule has 3 heteroatoms. The lowest BCUT2D eigenvalue weighted by Crippen LogP contribution is -2.50. The van der Waals surface area contributed by atoms with Gasteiger partial charge in [0, 0.05) is 19.1 Å². The van der Waals surface area contributed by atoms with E-state index < -0.39 is 0 Å². The minimum Gasteiger partial charge on any atom is -0.378 e. The fourth-order valence-electron chi connectivity index (χ4n) is 2.89. The molecule has 1 aliphatic rings. The van der Waals surface area contributed by atoms with Gasteiger partial charge in [0.2, 0.25) is 0 Å². The van der Waals surface area contributed by atoms with Crippen LogP contribution >= 0.6 is 0 Å². The van der Waals surface area contributed by atoms with Crippen LogP contribution in [0.2, 0.25) is 0 Å². The van der Waals surface area contributed by atoms with Crippen LogP contribution in [0.15, 0.2) is 0 Å². The van der Waals surface area contributed by atoms with Crippen LogP contribution in [0, 0.1) is 0 Å². The SMILES string of the molecule is CCCCCCCCCN1CCOCC1CNCCC. The Kier molecular flexibility index (Phi) is 11.3. The average molecular weight is 284 g/mol. The summed E-state index contributed by atoms with van der Waals surface area (Å²) in [5, 5.41) is 3.54. The maximum Gasteiger partial charge on any atom is 0.0634 e. The zero-order valence-electron chi connectivity index (χ0n) is 13.8. The molecule has 0 aromatic carbocycles. The maximum absolute atomic E-state index is 5.63. The molecule has 0 aromatic heterocycles. The zero-order chi connectivity index (χ0) is 14.5. The van der Waals surface area contributed by atoms with E-state index in [1.807, 2.05) is 0 Å². The van der Waals surface area contributed by atoms with E-state index in [1.165, 1.54) is 57.9 Å². The Bertz CT molecular complexity index is 211. The third kappa shape index (κ3) is 8.23. The van der Waals surface area contributed by atoms with Gasteiger partial charge in [0.25, 0.3) is 0 Å². The first-order valence-corrected chi connectivity index (χ1v) is 8.91. The second-order valence-corrected chi connectivity index (χ2v) is 6.09. The number of nitrogens with one attached hydrogen (secondary N) is 1. The molecule has 3 nitrogen and oxygen atoms in total. The van der Waals surface area contributed by atoms with Crippen molar-refractivity contribution >= 4 is 0 Å². The number of nitrogens with zero attached hydrogens (tertiary/aromatic N) is 1. The van der Waals surface area contributed by atoms with Gasteiger partial charge in [-0.25, -0.2) is 0 Å². The van der Waals surface area contributed by atoms with Crippen LogP contribution in [0.1, 0.15) is 65.2 Å². The van der Waals surface area contributed by atoms with Crippen molar-refractivity contribution in [2.75, 3.05) is 39.4 Å². The van der Waals surface area contributed by atoms with E-state index in [-0.39, 0.29) is 0 Å². The van der Waals surface area contributed by atoms with Gasteiger partial charge < -0.3 is 10.1 Å². The molecule has 0 spiro atoms. The summed E-state index contributed by atoms with van der Waals surface area (Å²) < 4.78 is 5.63. The summed E-state index contributed by atoms with van der Waals surface area (Å²) in [6.07, 6.45) is 11.0. The van der Waals surface area contributed by atoms with E-state index in [1.54, 1.807) is 0 Å². The van der Waals surface area contributed by atoms with Crippen molar-refractivity contribution < 1.29 is 4.74 Å². The van der Waals surface area contributed by atoms with Gasteiger partial charge in [0.05, 0.1) is 13.2 Å². The monoisotopic (exact) mass is 284 g/mol. The molecule has 1 unspecified atom stereocenters. The molecular formula is C17H36N2O. The molecule has 0 bridgehead atoms. The van der Waals surface area contributed by atoms with Crippen molar-refractivity contribution in [2.45, 2.75) is 71.3 Å². The van der Waals surface area contributed by atoms with Gasteiger partial charge in [0.1, 0.15) is 0 Å². The summed E-state index contributed by atoms with van der Waals surface area (Å²) in [5.41, 5.74) is 0. The molecule has 1 N–H and O–H groups in total. The maximum atomic E-state index is 5.63. The number of morpholine rings is 1. The molecule has 0 radical (unpaired) electrons. The van der Waals surface area contributed by atoms with Gasteiger partial charge in [0.15, 0.2) is 0 Å². The van der Waals surface area contributed by atoms with Crippen molar-refractivity contribution in [1.82, 2.24) is 10.2 Å². The lowest BCUT2D eigenvalue weighted by Gasteiger charge is -2.35. The van der Waals surface area contributed by atoms with Crippen molar-refractivity contribution in [2.24, 2.45) is 0 Å². The van der Waals surface area contributed by atoms with Crippen molar-refractivity contribution in [3.8, 4) is 0 Å². The number of unbranched alkanes of at least 4 members (excludes halogenated alkanes) is 6. The summed E-state index contributed by atoms with van der Waals surface area (Å²) in [4.78, 5) is 2.64. The summed E-state index contributed by atoms with van der Waals surface area (Å²) in [6.45, 7) is 10.9. The Morgan fingerprint density at radius 3 is 2.50 bits per heavy atom. The van der Waals surface area contributed by atoms with Crippen LogP contribution in [0.3, 0.4) is 0 Å². The molecule has 120 valence electrons. The zero-order valence-corrected chi connectivity index (χ0v) is 13.8. The van der Waals surface area contributed by atoms with E-state index in [9.17, 15) is 0 Å². The Labute approximate surface area is 126 Å². The number of hydrogen-bond acceptors (Lipinski definition) is 3. The Balaban J connectivity index is 2.06. The van der Waals surface area contributed by atoms with Crippen LogP contribution in [0.5, 0.6) is 0 Å². The van der Waals surface area contributed by atoms with Gasteiger partial charge in [-0.05, 0) is 25.9 Å². The first-order chi connectivity index (χ1) is 9.88. The fourth-order valence-corrected chi connectivity index (χ4v) is 2.89. The van der Waals surface area contributed by atoms with Crippen molar-refractivity contribution in [3.05, 3.63) is 0 Å². The quantitative estimate of drug-likeness (QED) is 0.556. The molecule has 0 saturated carbocycles. The minimum absolute atomic E-state index is 0.593. The molecule has 0 aliphatic carbocycles. The third-order valence-electron chi connectivity index (χ3n) is 4.21. The largest absolute Gasteiger partial charge is 0.378 e. The highest BCUT2D eigenvalue weighted by atomic mass is 16.5. The van der Waals surface area contributed by atoms with Crippen molar-refractivity contribution in [3.63, 3.8) is 0 Å². The molecule has 0 amide bonds. The molecular weight excluding hydrogens is 248 g/mol. The lowest BCUT2D eigenvalue weighted by atomic mass is 10.1. The summed E-state index contributed by atoms with van der Waals surface area (Å²) in [6, 6.07) is 0.593. The Hall–Kier alpha value is -0.120. The lowest BCUT2D eigenvalue weighted by molar-refractivity contribution is -0.00735. The highest BCUT2D eigenvalue weighted by Crippen LogP contribution is 2.11. The van der Waals surface area contributed by atoms with Crippen LogP contribution in [0.25, 0.3) is 0 Å². The van der Waals surface area contributed by atoms with Crippen LogP contribution in [0.4, 0.5) is 0 Å². The average Bonchev–Trinajstić information content (AvgIpc) is 2.48. The molecule has 1 saturated heterocycles. The highest BCUT2D eigenvalue weighted by Gasteiger charge is 2.21. The van der Waals surface area contributed by atoms with Crippen LogP contribution in [-0.4, -0.2) is 50.3 Å². The van der Waals surface area contributed by atoms with E-state index in [2.05, 4.69) is 24.1 Å². The normalized spacial score (nSPS) is 20.4. The number of hydrogen-bond donors (Lipinski definition) is 1. The fraction of sp³-hybridized carbons (Fsp3) is 1.00. The standard InChI is InChI=1S/C17H36N2O/c1-3-5-6-7-8-9-10-12-19-13-14-20-16-17(19)15-18-11-4-2/h17-18H,3-16H2,1-2H3. The minimum atomic E-state index is 0.593. The first kappa shape index (κ1) is 17.9. The van der Waals surface area contributed by atoms with Gasteiger partial charge in [-0.15, -0.1) is 0 Å². The van der Waals surface area contributed by atoms with Crippen LogP contribution in [-0.2, 0) is 4.74 Å². The van der Waals surface area contributed by atoms with Gasteiger partial charge in [-0.2, -0.15) is 0 Å². The number of ether oxygens (including phenoxy) is 1. The van der Waals surface area contributed by atoms with Crippen molar-refractivity contribution in [1.29, 1.82) is 0 Å². The predicted molar refractivity (Wildman–Crippen MR) is 87.3 cm³/mol. The Morgan fingerprint density at radius 2 is 1.75 bits per heavy atom. The molecule has 1 aliphatic heterocycles. The van der Waals surface area contributed by atoms with E-state index in [0.717, 1.165) is 32.8 Å². The topological polar surface area (TPSA) is 24.5 Å². The second-order valence-electron chi connectivity index (χ2n) is 6.09. The van der Waals surface area contributed by atoms with E-state index in [0.29, 0.717) is 6.04 Å². The molecule has 1 atom stereocenters. The second kappa shape index (κ2) is 12.6. The predicted octanol–water partition coefficient (Wildman–Crippen LogP) is 3.44. The van der Waals surface area contributed by atoms with Gasteiger partial charge >= 0.3 is 0 Å². The summed E-state index contributed by atoms with van der Waals surface area (Å²) in [5.74, 6) is 0. The Morgan fingerprint density at radius 1 is 1.00 bits per heavy atom. The first-order valence-electron chi connectivity index (χ1n) is 8.91. The number of rotatable bonds is 12. The van der Waals surface area contributed by atoms with Gasteiger partial charge in [-0.3, -0.25) is 4.90 Å². The highest BCUT2D eigenvalue weighted by molar-refractivity contribution is 4.77. The van der Waals surface area contributed by atoms with E-state index in [4.69, 9.17) is 4.74 Å². The summed E-state index contributed by atoms with van der Waals surface area (Å²) >= 11 is 0. The van der Waals surface area contributed by atoms with Crippen LogP contribution < -0.4 is 5.32 Å². The summed E-state index contributed by atoms with van der Waals surface area (Å²) in [7, 11) is 0. The van der Waals surface area contributed by atoms with Gasteiger partial charge in [-0.1, -0.05) is 52.4 Å². The molecule has 1 fully saturated rings. The third-order valence-corrected chi connectivity index (χ3v) is 4.21. The molecule has 1 rings (SSSR count). The smallest absolute Gasteiger partial charge is 0.0634 e. The molecule has 0 aromatic rings.